The van der Waals surface area contributed by atoms with Crippen LogP contribution in [0.3, 0.4) is 0 Å². The number of nitrogens with zero attached hydrogens (tertiary/aromatic N) is 2. The van der Waals surface area contributed by atoms with Gasteiger partial charge in [-0.05, 0) is 37.3 Å². The van der Waals surface area contributed by atoms with Crippen LogP contribution in [0.1, 0.15) is 22.8 Å². The Labute approximate surface area is 231 Å². The van der Waals surface area contributed by atoms with Crippen LogP contribution in [0.2, 0.25) is 5.02 Å². The van der Waals surface area contributed by atoms with E-state index in [1.807, 2.05) is 0 Å². The molecule has 1 aromatic heterocycles. The molecule has 0 aliphatic carbocycles. The van der Waals surface area contributed by atoms with E-state index in [2.05, 4.69) is 28.8 Å². The quantitative estimate of drug-likeness (QED) is 0.0594. The normalized spacial score (nSPS) is 11.9. The highest BCUT2D eigenvalue weighted by Crippen LogP contribution is 2.32. The fourth-order valence-electron chi connectivity index (χ4n) is 3.06. The van der Waals surface area contributed by atoms with Gasteiger partial charge in [0.25, 0.3) is 0 Å². The number of carboxylic acids is 1. The van der Waals surface area contributed by atoms with E-state index >= 15 is 0 Å². The van der Waals surface area contributed by atoms with E-state index < -0.39 is 34.9 Å². The number of rotatable bonds is 11. The molecule has 214 valence electrons. The molecule has 0 amide bonds. The number of amidine groups is 1. The second-order valence-corrected chi connectivity index (χ2v) is 8.28. The zero-order valence-electron chi connectivity index (χ0n) is 21.4. The Balaban J connectivity index is 2.60. The van der Waals surface area contributed by atoms with Crippen LogP contribution >= 0.6 is 11.6 Å². The van der Waals surface area contributed by atoms with Crippen LogP contribution in [0.25, 0.3) is 5.57 Å². The SMILES string of the molecule is C=C(NC=C(C(=N)N(N)/C(C)=C\C(=C)C(F)(F)F)c1cc(C(=O)O)c(OC)nc1OC)Nc1ccc(F)c(Cl)c1. The van der Waals surface area contributed by atoms with E-state index in [1.165, 1.54) is 33.3 Å². The average Bonchev–Trinajstić information content (AvgIpc) is 2.89. The lowest BCUT2D eigenvalue weighted by molar-refractivity contribution is -0.0879. The maximum Gasteiger partial charge on any atom is 0.415 e. The fraction of sp³-hybridized carbons (Fsp3) is 0.160. The first-order valence-electron chi connectivity index (χ1n) is 10.9. The maximum atomic E-state index is 13.5. The molecule has 0 saturated carbocycles. The molecule has 0 aliphatic heterocycles. The van der Waals surface area contributed by atoms with Gasteiger partial charge < -0.3 is 25.2 Å². The molecule has 0 aliphatic rings. The molecule has 0 bridgehead atoms. The second kappa shape index (κ2) is 13.0. The molecule has 0 unspecified atom stereocenters. The lowest BCUT2D eigenvalue weighted by Crippen LogP contribution is -2.36. The van der Waals surface area contributed by atoms with Crippen molar-refractivity contribution in [2.45, 2.75) is 13.1 Å². The number of carboxylic acid groups (broad SMARTS) is 1. The van der Waals surface area contributed by atoms with Gasteiger partial charge in [0, 0.05) is 23.2 Å². The zero-order valence-corrected chi connectivity index (χ0v) is 22.2. The summed E-state index contributed by atoms with van der Waals surface area (Å²) in [6, 6.07) is 4.87. The van der Waals surface area contributed by atoms with Gasteiger partial charge in [-0.1, -0.05) is 24.8 Å². The number of hydrogen-bond acceptors (Lipinski definition) is 8. The molecule has 6 N–H and O–H groups in total. The largest absolute Gasteiger partial charge is 0.480 e. The van der Waals surface area contributed by atoms with E-state index in [0.717, 1.165) is 18.3 Å². The van der Waals surface area contributed by atoms with Gasteiger partial charge >= 0.3 is 12.1 Å². The number of alkyl halides is 3. The Kier molecular flexibility index (Phi) is 10.3. The summed E-state index contributed by atoms with van der Waals surface area (Å²) in [5.41, 5.74) is -1.78. The summed E-state index contributed by atoms with van der Waals surface area (Å²) in [4.78, 5) is 15.8. The number of methoxy groups -OCH3 is 2. The summed E-state index contributed by atoms with van der Waals surface area (Å²) in [5.74, 6) is 2.88. The van der Waals surface area contributed by atoms with Crippen molar-refractivity contribution in [1.82, 2.24) is 15.3 Å². The number of halogens is 5. The molecule has 0 radical (unpaired) electrons. The Morgan fingerprint density at radius 3 is 2.33 bits per heavy atom. The molecule has 40 heavy (non-hydrogen) atoms. The summed E-state index contributed by atoms with van der Waals surface area (Å²) in [6.07, 6.45) is -2.95. The first kappa shape index (κ1) is 31.7. The third-order valence-corrected chi connectivity index (χ3v) is 5.38. The first-order valence-corrected chi connectivity index (χ1v) is 11.3. The number of carbonyl (C=O) groups is 1. The number of nitrogens with two attached hydrogens (primary N) is 1. The minimum Gasteiger partial charge on any atom is -0.480 e. The first-order chi connectivity index (χ1) is 18.6. The van der Waals surface area contributed by atoms with Crippen LogP contribution in [-0.4, -0.2) is 47.3 Å². The molecule has 15 heteroatoms. The zero-order chi connectivity index (χ0) is 30.4. The maximum absolute atomic E-state index is 13.5. The minimum atomic E-state index is -4.74. The van der Waals surface area contributed by atoms with Crippen molar-refractivity contribution in [2.75, 3.05) is 19.5 Å². The standard InChI is InChI=1S/C25H25ClF4N6O4/c1-12(25(28,29)30)8-13(2)36(32)21(31)18(11-33-14(3)34-15-6-7-20(27)19(26)9-15)16-10-17(24(37)38)23(40-5)35-22(16)39-4/h6-11,31,33-34H,1,3,32H2,2,4-5H3,(H,37,38)/b13-8-,18-11?,31-21?. The average molecular weight is 585 g/mol. The van der Waals surface area contributed by atoms with E-state index in [-0.39, 0.29) is 39.4 Å². The van der Waals surface area contributed by atoms with Gasteiger partial charge in [0.15, 0.2) is 0 Å². The smallest absolute Gasteiger partial charge is 0.415 e. The van der Waals surface area contributed by atoms with Gasteiger partial charge in [-0.2, -0.15) is 18.2 Å². The summed E-state index contributed by atoms with van der Waals surface area (Å²) in [5, 5.41) is 24.3. The highest BCUT2D eigenvalue weighted by molar-refractivity contribution is 6.31. The molecule has 0 spiro atoms. The van der Waals surface area contributed by atoms with E-state index in [0.29, 0.717) is 16.8 Å². The highest BCUT2D eigenvalue weighted by Gasteiger charge is 2.31. The molecular weight excluding hydrogens is 560 g/mol. The Morgan fingerprint density at radius 1 is 1.20 bits per heavy atom. The molecule has 0 fully saturated rings. The van der Waals surface area contributed by atoms with Crippen LogP contribution in [0.15, 0.2) is 66.8 Å². The molecule has 1 aromatic carbocycles. The van der Waals surface area contributed by atoms with E-state index in [9.17, 15) is 27.5 Å². The van der Waals surface area contributed by atoms with Crippen molar-refractivity contribution >= 4 is 34.7 Å². The van der Waals surface area contributed by atoms with Gasteiger partial charge in [-0.15, -0.1) is 0 Å². The predicted octanol–water partition coefficient (Wildman–Crippen LogP) is 5.28. The molecule has 0 saturated heterocycles. The Morgan fingerprint density at radius 2 is 1.80 bits per heavy atom. The number of nitrogens with one attached hydrogen (secondary N) is 3. The van der Waals surface area contributed by atoms with Crippen LogP contribution in [0.5, 0.6) is 11.8 Å². The van der Waals surface area contributed by atoms with Crippen molar-refractivity contribution in [2.24, 2.45) is 5.84 Å². The van der Waals surface area contributed by atoms with Gasteiger partial charge in [-0.3, -0.25) is 10.4 Å². The lowest BCUT2D eigenvalue weighted by Gasteiger charge is -2.24. The summed E-state index contributed by atoms with van der Waals surface area (Å²) >= 11 is 5.79. The predicted molar refractivity (Wildman–Crippen MR) is 142 cm³/mol. The van der Waals surface area contributed by atoms with Gasteiger partial charge in [-0.25, -0.2) is 15.0 Å². The third-order valence-electron chi connectivity index (χ3n) is 5.09. The van der Waals surface area contributed by atoms with Gasteiger partial charge in [0.2, 0.25) is 11.8 Å². The Hall–Kier alpha value is -4.56. The molecular formula is C25H25ClF4N6O4. The molecule has 2 aromatic rings. The van der Waals surface area contributed by atoms with Gasteiger partial charge in [0.1, 0.15) is 17.2 Å². The van der Waals surface area contributed by atoms with E-state index in [1.54, 1.807) is 0 Å². The van der Waals surface area contributed by atoms with Crippen molar-refractivity contribution in [3.63, 3.8) is 0 Å². The van der Waals surface area contributed by atoms with E-state index in [4.69, 9.17) is 32.3 Å². The van der Waals surface area contributed by atoms with Crippen LogP contribution < -0.4 is 25.9 Å². The highest BCUT2D eigenvalue weighted by atomic mass is 35.5. The van der Waals surface area contributed by atoms with Crippen molar-refractivity contribution in [3.05, 3.63) is 88.8 Å². The number of ether oxygens (including phenoxy) is 2. The number of aromatic nitrogens is 1. The monoisotopic (exact) mass is 584 g/mol. The molecule has 2 rings (SSSR count). The summed E-state index contributed by atoms with van der Waals surface area (Å²) in [6.45, 7) is 7.93. The molecule has 10 nitrogen and oxygen atoms in total. The Bertz CT molecular complexity index is 1410. The number of aromatic carboxylic acids is 1. The number of anilines is 1. The topological polar surface area (TPSA) is 146 Å². The van der Waals surface area contributed by atoms with Gasteiger partial charge in [0.05, 0.1) is 36.2 Å². The van der Waals surface area contributed by atoms with Crippen molar-refractivity contribution in [3.8, 4) is 11.8 Å². The molecule has 0 atom stereocenters. The number of hydrazine groups is 1. The fourth-order valence-corrected chi connectivity index (χ4v) is 3.25. The summed E-state index contributed by atoms with van der Waals surface area (Å²) < 4.78 is 62.8. The van der Waals surface area contributed by atoms with Crippen LogP contribution in [0, 0.1) is 11.2 Å². The number of hydrogen-bond donors (Lipinski definition) is 5. The lowest BCUT2D eigenvalue weighted by atomic mass is 10.0. The van der Waals surface area contributed by atoms with Crippen LogP contribution in [-0.2, 0) is 0 Å². The van der Waals surface area contributed by atoms with Crippen molar-refractivity contribution in [1.29, 1.82) is 5.41 Å². The second-order valence-electron chi connectivity index (χ2n) is 7.87. The summed E-state index contributed by atoms with van der Waals surface area (Å²) in [7, 11) is 2.41. The third kappa shape index (κ3) is 7.74. The minimum absolute atomic E-state index is 0.0770. The van der Waals surface area contributed by atoms with Crippen LogP contribution in [0.4, 0.5) is 23.2 Å². The number of pyridine rings is 1. The number of allylic oxidation sites excluding steroid dienone is 3. The number of benzene rings is 1. The molecule has 1 heterocycles. The van der Waals surface area contributed by atoms with Crippen molar-refractivity contribution < 1.29 is 36.9 Å².